The molecule has 1 aromatic carbocycles. The van der Waals surface area contributed by atoms with E-state index in [9.17, 15) is 9.59 Å². The Bertz CT molecular complexity index is 792. The molecule has 0 radical (unpaired) electrons. The van der Waals surface area contributed by atoms with E-state index in [1.54, 1.807) is 10.6 Å². The number of benzene rings is 1. The smallest absolute Gasteiger partial charge is 0.408 e. The van der Waals surface area contributed by atoms with Gasteiger partial charge in [-0.05, 0) is 25.0 Å². The van der Waals surface area contributed by atoms with Crippen LogP contribution in [0.25, 0.3) is 11.1 Å². The first kappa shape index (κ1) is 15.4. The molecule has 0 N–H and O–H groups in total. The highest BCUT2D eigenvalue weighted by Crippen LogP contribution is 2.28. The van der Waals surface area contributed by atoms with Crippen LogP contribution in [0.3, 0.4) is 0 Å². The van der Waals surface area contributed by atoms with Gasteiger partial charge in [0.25, 0.3) is 0 Å². The van der Waals surface area contributed by atoms with Crippen LogP contribution in [-0.4, -0.2) is 40.7 Å². The molecule has 1 amide bonds. The van der Waals surface area contributed by atoms with Gasteiger partial charge < -0.3 is 14.1 Å². The molecule has 2 fully saturated rings. The second-order valence-electron chi connectivity index (χ2n) is 6.59. The normalized spacial score (nSPS) is 24.1. The molecular weight excluding hydrogens is 308 g/mol. The number of hydrogen-bond donors (Lipinski definition) is 0. The number of aryl methyl sites for hydroxylation is 1. The number of rotatable bonds is 3. The highest BCUT2D eigenvalue weighted by Gasteiger charge is 2.36. The van der Waals surface area contributed by atoms with E-state index in [0.29, 0.717) is 31.7 Å². The van der Waals surface area contributed by atoms with E-state index in [1.807, 2.05) is 23.1 Å². The number of carbonyl (C=O) groups is 1. The highest BCUT2D eigenvalue weighted by atomic mass is 16.5. The number of ether oxygens (including phenoxy) is 1. The van der Waals surface area contributed by atoms with E-state index < -0.39 is 5.76 Å². The Morgan fingerprint density at radius 3 is 2.96 bits per heavy atom. The Labute approximate surface area is 140 Å². The summed E-state index contributed by atoms with van der Waals surface area (Å²) in [5.74, 6) is -0.297. The topological polar surface area (TPSA) is 64.7 Å². The monoisotopic (exact) mass is 330 g/mol. The van der Waals surface area contributed by atoms with Crippen LogP contribution in [0, 0.1) is 0 Å². The minimum Gasteiger partial charge on any atom is -0.408 e. The number of carbonyl (C=O) groups excluding carboxylic acids is 1. The van der Waals surface area contributed by atoms with Crippen molar-refractivity contribution < 1.29 is 13.9 Å². The van der Waals surface area contributed by atoms with Gasteiger partial charge in [-0.1, -0.05) is 25.0 Å². The lowest BCUT2D eigenvalue weighted by Crippen LogP contribution is -2.55. The van der Waals surface area contributed by atoms with E-state index in [0.717, 1.165) is 24.8 Å². The molecule has 0 spiro atoms. The van der Waals surface area contributed by atoms with Gasteiger partial charge in [0.1, 0.15) is 0 Å². The summed E-state index contributed by atoms with van der Waals surface area (Å²) in [6.45, 7) is 1.62. The van der Waals surface area contributed by atoms with Crippen LogP contribution in [0.15, 0.2) is 33.5 Å². The number of nitrogens with zero attached hydrogens (tertiary/aromatic N) is 2. The Morgan fingerprint density at radius 2 is 2.04 bits per heavy atom. The molecule has 2 heterocycles. The van der Waals surface area contributed by atoms with Crippen LogP contribution in [0.5, 0.6) is 0 Å². The molecule has 2 atom stereocenters. The molecule has 128 valence electrons. The number of para-hydroxylation sites is 2. The standard InChI is InChI=1S/C18H22N2O4/c21-17(19-11-12-23-15-7-3-1-5-13(15)19)9-10-20-14-6-2-4-8-16(14)24-18(20)22/h2,4,6,8,13,15H,1,3,5,7,9-12H2/t13-,15+/m0/s1. The zero-order valence-corrected chi connectivity index (χ0v) is 13.6. The molecule has 24 heavy (non-hydrogen) atoms. The van der Waals surface area contributed by atoms with Crippen molar-refractivity contribution in [3.63, 3.8) is 0 Å². The molecule has 2 aliphatic rings. The van der Waals surface area contributed by atoms with Crippen LogP contribution < -0.4 is 5.76 Å². The Hall–Kier alpha value is -2.08. The zero-order chi connectivity index (χ0) is 16.5. The summed E-state index contributed by atoms with van der Waals surface area (Å²) in [5.41, 5.74) is 1.31. The molecule has 1 saturated carbocycles. The fraction of sp³-hybridized carbons (Fsp3) is 0.556. The molecule has 1 saturated heterocycles. The summed E-state index contributed by atoms with van der Waals surface area (Å²) in [6, 6.07) is 7.51. The van der Waals surface area contributed by atoms with E-state index in [-0.39, 0.29) is 18.1 Å². The number of aromatic nitrogens is 1. The van der Waals surface area contributed by atoms with Crippen LogP contribution in [0.1, 0.15) is 32.1 Å². The average Bonchev–Trinajstić information content (AvgIpc) is 2.94. The van der Waals surface area contributed by atoms with Gasteiger partial charge in [-0.25, -0.2) is 4.79 Å². The molecule has 6 nitrogen and oxygen atoms in total. The van der Waals surface area contributed by atoms with Gasteiger partial charge >= 0.3 is 5.76 Å². The van der Waals surface area contributed by atoms with E-state index in [1.165, 1.54) is 6.42 Å². The van der Waals surface area contributed by atoms with Gasteiger partial charge in [-0.2, -0.15) is 0 Å². The van der Waals surface area contributed by atoms with Crippen LogP contribution in [0.2, 0.25) is 0 Å². The van der Waals surface area contributed by atoms with E-state index in [4.69, 9.17) is 9.15 Å². The fourth-order valence-corrected chi connectivity index (χ4v) is 3.98. The van der Waals surface area contributed by atoms with Gasteiger partial charge in [-0.3, -0.25) is 9.36 Å². The molecule has 1 aliphatic carbocycles. The lowest BCUT2D eigenvalue weighted by Gasteiger charge is -2.43. The Kier molecular flexibility index (Phi) is 4.14. The predicted octanol–water partition coefficient (Wildman–Crippen LogP) is 2.15. The number of fused-ring (bicyclic) bond motifs is 2. The number of hydrogen-bond acceptors (Lipinski definition) is 4. The van der Waals surface area contributed by atoms with Gasteiger partial charge in [0, 0.05) is 19.5 Å². The van der Waals surface area contributed by atoms with Crippen molar-refractivity contribution in [1.29, 1.82) is 0 Å². The Balaban J connectivity index is 1.48. The maximum Gasteiger partial charge on any atom is 0.419 e. The SMILES string of the molecule is O=C(CCn1c(=O)oc2ccccc21)N1CCO[C@@H]2CCCC[C@@H]21. The van der Waals surface area contributed by atoms with Gasteiger partial charge in [0.15, 0.2) is 5.58 Å². The summed E-state index contributed by atoms with van der Waals surface area (Å²) < 4.78 is 12.6. The third-order valence-electron chi connectivity index (χ3n) is 5.18. The van der Waals surface area contributed by atoms with Crippen molar-refractivity contribution in [2.24, 2.45) is 0 Å². The average molecular weight is 330 g/mol. The minimum absolute atomic E-state index is 0.104. The van der Waals surface area contributed by atoms with E-state index in [2.05, 4.69) is 0 Å². The second kappa shape index (κ2) is 6.43. The summed E-state index contributed by atoms with van der Waals surface area (Å²) in [6.07, 6.45) is 4.89. The summed E-state index contributed by atoms with van der Waals surface area (Å²) in [7, 11) is 0. The first-order chi connectivity index (χ1) is 11.7. The summed E-state index contributed by atoms with van der Waals surface area (Å²) >= 11 is 0. The van der Waals surface area contributed by atoms with Gasteiger partial charge in [0.2, 0.25) is 5.91 Å². The molecule has 6 heteroatoms. The zero-order valence-electron chi connectivity index (χ0n) is 13.6. The molecule has 0 unspecified atom stereocenters. The maximum absolute atomic E-state index is 12.7. The molecule has 1 aliphatic heterocycles. The maximum atomic E-state index is 12.7. The van der Waals surface area contributed by atoms with Crippen molar-refractivity contribution in [1.82, 2.24) is 9.47 Å². The minimum atomic E-state index is -0.401. The number of amides is 1. The Morgan fingerprint density at radius 1 is 1.21 bits per heavy atom. The van der Waals surface area contributed by atoms with E-state index >= 15 is 0 Å². The first-order valence-electron chi connectivity index (χ1n) is 8.73. The van der Waals surface area contributed by atoms with Crippen LogP contribution in [0.4, 0.5) is 0 Å². The lowest BCUT2D eigenvalue weighted by atomic mass is 9.90. The second-order valence-corrected chi connectivity index (χ2v) is 6.59. The lowest BCUT2D eigenvalue weighted by molar-refractivity contribution is -0.149. The molecule has 2 aromatic rings. The quantitative estimate of drug-likeness (QED) is 0.865. The first-order valence-corrected chi connectivity index (χ1v) is 8.73. The number of oxazole rings is 1. The van der Waals surface area contributed by atoms with Gasteiger partial charge in [0.05, 0.1) is 24.3 Å². The summed E-state index contributed by atoms with van der Waals surface area (Å²) in [4.78, 5) is 26.7. The van der Waals surface area contributed by atoms with Crippen molar-refractivity contribution >= 4 is 17.0 Å². The number of morpholine rings is 1. The van der Waals surface area contributed by atoms with Crippen LogP contribution in [-0.2, 0) is 16.1 Å². The fourth-order valence-electron chi connectivity index (χ4n) is 3.98. The van der Waals surface area contributed by atoms with Crippen molar-refractivity contribution in [2.75, 3.05) is 13.2 Å². The third-order valence-corrected chi connectivity index (χ3v) is 5.18. The van der Waals surface area contributed by atoms with Crippen LogP contribution >= 0.6 is 0 Å². The molecule has 4 rings (SSSR count). The predicted molar refractivity (Wildman–Crippen MR) is 88.8 cm³/mol. The highest BCUT2D eigenvalue weighted by molar-refractivity contribution is 5.77. The van der Waals surface area contributed by atoms with Crippen molar-refractivity contribution in [3.05, 3.63) is 34.8 Å². The molecule has 0 bridgehead atoms. The summed E-state index contributed by atoms with van der Waals surface area (Å²) in [5, 5.41) is 0. The third kappa shape index (κ3) is 2.75. The largest absolute Gasteiger partial charge is 0.419 e. The molecule has 1 aromatic heterocycles. The van der Waals surface area contributed by atoms with Gasteiger partial charge in [-0.15, -0.1) is 0 Å². The van der Waals surface area contributed by atoms with Crippen molar-refractivity contribution in [3.8, 4) is 0 Å². The molecular formula is C18H22N2O4. The van der Waals surface area contributed by atoms with Crippen molar-refractivity contribution in [2.45, 2.75) is 50.8 Å².